The molecule has 1 aliphatic heterocycles. The number of nitrogens with one attached hydrogen (secondary N) is 1. The van der Waals surface area contributed by atoms with E-state index in [1.807, 2.05) is 29.8 Å². The van der Waals surface area contributed by atoms with Crippen LogP contribution in [0.4, 0.5) is 11.6 Å². The van der Waals surface area contributed by atoms with Crippen LogP contribution in [0.25, 0.3) is 11.0 Å². The van der Waals surface area contributed by atoms with Gasteiger partial charge in [0.15, 0.2) is 0 Å². The topological polar surface area (TPSA) is 70.4 Å². The highest BCUT2D eigenvalue weighted by atomic mass is 16.3. The van der Waals surface area contributed by atoms with Crippen LogP contribution in [0.2, 0.25) is 0 Å². The zero-order chi connectivity index (χ0) is 15.7. The van der Waals surface area contributed by atoms with Gasteiger partial charge in [-0.1, -0.05) is 6.58 Å². The Labute approximate surface area is 129 Å². The van der Waals surface area contributed by atoms with Gasteiger partial charge >= 0.3 is 0 Å². The molecule has 1 atom stereocenters. The van der Waals surface area contributed by atoms with Crippen molar-refractivity contribution in [2.24, 2.45) is 7.05 Å². The molecule has 22 heavy (non-hydrogen) atoms. The van der Waals surface area contributed by atoms with E-state index < -0.39 is 0 Å². The zero-order valence-corrected chi connectivity index (χ0v) is 12.6. The molecule has 0 spiro atoms. The summed E-state index contributed by atoms with van der Waals surface area (Å²) in [7, 11) is 1.97. The Bertz CT molecular complexity index is 722. The van der Waals surface area contributed by atoms with Crippen LogP contribution in [-0.4, -0.2) is 39.8 Å². The Morgan fingerprint density at radius 1 is 1.55 bits per heavy atom. The molecule has 116 valence electrons. The van der Waals surface area contributed by atoms with Crippen LogP contribution in [0, 0.1) is 0 Å². The van der Waals surface area contributed by atoms with Gasteiger partial charge in [-0.15, -0.1) is 0 Å². The SMILES string of the molecule is C=CC(=O)Nc1ccc2c(c1)nc(N1CCC[C@@H](O)C1)n2C. The van der Waals surface area contributed by atoms with Crippen molar-refractivity contribution in [3.63, 3.8) is 0 Å². The molecule has 1 aliphatic rings. The number of anilines is 2. The number of piperidine rings is 1. The Kier molecular flexibility index (Phi) is 3.85. The maximum atomic E-state index is 11.4. The van der Waals surface area contributed by atoms with E-state index in [9.17, 15) is 9.90 Å². The molecule has 0 radical (unpaired) electrons. The second-order valence-corrected chi connectivity index (χ2v) is 5.61. The lowest BCUT2D eigenvalue weighted by atomic mass is 10.1. The Hall–Kier alpha value is -2.34. The third kappa shape index (κ3) is 2.69. The van der Waals surface area contributed by atoms with Gasteiger partial charge in [-0.2, -0.15) is 0 Å². The summed E-state index contributed by atoms with van der Waals surface area (Å²) in [5, 5.41) is 12.6. The van der Waals surface area contributed by atoms with Crippen molar-refractivity contribution >= 4 is 28.6 Å². The molecular formula is C16H20N4O2. The van der Waals surface area contributed by atoms with Gasteiger partial charge in [0.2, 0.25) is 11.9 Å². The maximum absolute atomic E-state index is 11.4. The number of amides is 1. The van der Waals surface area contributed by atoms with Crippen molar-refractivity contribution in [3.8, 4) is 0 Å². The first kappa shape index (κ1) is 14.6. The number of fused-ring (bicyclic) bond motifs is 1. The van der Waals surface area contributed by atoms with Crippen LogP contribution in [-0.2, 0) is 11.8 Å². The summed E-state index contributed by atoms with van der Waals surface area (Å²) >= 11 is 0. The van der Waals surface area contributed by atoms with Gasteiger partial charge in [-0.05, 0) is 37.1 Å². The van der Waals surface area contributed by atoms with Crippen LogP contribution in [0.3, 0.4) is 0 Å². The molecule has 1 aromatic heterocycles. The summed E-state index contributed by atoms with van der Waals surface area (Å²) in [6.07, 6.45) is 2.75. The van der Waals surface area contributed by atoms with Gasteiger partial charge < -0.3 is 19.9 Å². The molecule has 0 saturated carbocycles. The van der Waals surface area contributed by atoms with E-state index in [1.54, 1.807) is 0 Å². The van der Waals surface area contributed by atoms with Gasteiger partial charge in [-0.25, -0.2) is 4.98 Å². The molecule has 1 saturated heterocycles. The first-order valence-electron chi connectivity index (χ1n) is 7.41. The quantitative estimate of drug-likeness (QED) is 0.846. The van der Waals surface area contributed by atoms with Gasteiger partial charge in [-0.3, -0.25) is 4.79 Å². The monoisotopic (exact) mass is 300 g/mol. The molecule has 1 fully saturated rings. The summed E-state index contributed by atoms with van der Waals surface area (Å²) < 4.78 is 2.02. The number of carbonyl (C=O) groups excluding carboxylic acids is 1. The van der Waals surface area contributed by atoms with Gasteiger partial charge in [0.25, 0.3) is 0 Å². The Morgan fingerprint density at radius 2 is 2.36 bits per heavy atom. The van der Waals surface area contributed by atoms with Crippen LogP contribution in [0.15, 0.2) is 30.9 Å². The second kappa shape index (κ2) is 5.81. The number of hydrogen-bond acceptors (Lipinski definition) is 4. The third-order valence-electron chi connectivity index (χ3n) is 3.99. The van der Waals surface area contributed by atoms with Gasteiger partial charge in [0.05, 0.1) is 17.1 Å². The summed E-state index contributed by atoms with van der Waals surface area (Å²) in [5.74, 6) is 0.607. The van der Waals surface area contributed by atoms with E-state index in [0.717, 1.165) is 36.4 Å². The van der Waals surface area contributed by atoms with Crippen molar-refractivity contribution in [3.05, 3.63) is 30.9 Å². The molecular weight excluding hydrogens is 280 g/mol. The molecule has 0 bridgehead atoms. The van der Waals surface area contributed by atoms with E-state index in [-0.39, 0.29) is 12.0 Å². The minimum Gasteiger partial charge on any atom is -0.391 e. The van der Waals surface area contributed by atoms with E-state index in [0.29, 0.717) is 12.2 Å². The van der Waals surface area contributed by atoms with E-state index >= 15 is 0 Å². The highest BCUT2D eigenvalue weighted by Gasteiger charge is 2.22. The van der Waals surface area contributed by atoms with Crippen LogP contribution < -0.4 is 10.2 Å². The lowest BCUT2D eigenvalue weighted by molar-refractivity contribution is -0.111. The number of aromatic nitrogens is 2. The molecule has 1 aromatic carbocycles. The first-order chi connectivity index (χ1) is 10.6. The lowest BCUT2D eigenvalue weighted by Gasteiger charge is -2.30. The molecule has 2 N–H and O–H groups in total. The van der Waals surface area contributed by atoms with Crippen LogP contribution in [0.1, 0.15) is 12.8 Å². The fraction of sp³-hybridized carbons (Fsp3) is 0.375. The van der Waals surface area contributed by atoms with E-state index in [1.165, 1.54) is 6.08 Å². The van der Waals surface area contributed by atoms with Crippen molar-refractivity contribution in [2.45, 2.75) is 18.9 Å². The number of aryl methyl sites for hydroxylation is 1. The van der Waals surface area contributed by atoms with Crippen LogP contribution >= 0.6 is 0 Å². The predicted molar refractivity (Wildman–Crippen MR) is 87.0 cm³/mol. The molecule has 2 heterocycles. The molecule has 6 heteroatoms. The average molecular weight is 300 g/mol. The Balaban J connectivity index is 1.94. The molecule has 2 aromatic rings. The predicted octanol–water partition coefficient (Wildman–Crippen LogP) is 1.66. The second-order valence-electron chi connectivity index (χ2n) is 5.61. The summed E-state index contributed by atoms with van der Waals surface area (Å²) in [6.45, 7) is 4.95. The van der Waals surface area contributed by atoms with Gasteiger partial charge in [0.1, 0.15) is 0 Å². The number of β-amino-alcohol motifs (C(OH)–C–C–N with tert-alkyl or cyclic N) is 1. The zero-order valence-electron chi connectivity index (χ0n) is 12.6. The summed E-state index contributed by atoms with van der Waals surface area (Å²) in [4.78, 5) is 18.2. The molecule has 3 rings (SSSR count). The lowest BCUT2D eigenvalue weighted by Crippen LogP contribution is -2.39. The fourth-order valence-corrected chi connectivity index (χ4v) is 2.88. The van der Waals surface area contributed by atoms with E-state index in [4.69, 9.17) is 0 Å². The minimum atomic E-state index is -0.295. The number of nitrogens with zero attached hydrogens (tertiary/aromatic N) is 3. The smallest absolute Gasteiger partial charge is 0.247 e. The normalized spacial score (nSPS) is 18.5. The molecule has 0 aliphatic carbocycles. The average Bonchev–Trinajstić information content (AvgIpc) is 2.84. The number of aliphatic hydroxyl groups excluding tert-OH is 1. The number of aliphatic hydroxyl groups is 1. The number of rotatable bonds is 3. The van der Waals surface area contributed by atoms with Crippen molar-refractivity contribution in [2.75, 3.05) is 23.3 Å². The minimum absolute atomic E-state index is 0.241. The summed E-state index contributed by atoms with van der Waals surface area (Å²) in [6, 6.07) is 5.63. The van der Waals surface area contributed by atoms with Gasteiger partial charge in [0, 0.05) is 25.8 Å². The molecule has 0 unspecified atom stereocenters. The largest absolute Gasteiger partial charge is 0.391 e. The molecule has 6 nitrogen and oxygen atoms in total. The van der Waals surface area contributed by atoms with E-state index in [2.05, 4.69) is 21.8 Å². The highest BCUT2D eigenvalue weighted by Crippen LogP contribution is 2.26. The standard InChI is InChI=1S/C16H20N4O2/c1-3-15(22)17-11-6-7-14-13(9-11)18-16(19(14)2)20-8-4-5-12(21)10-20/h3,6-7,9,12,21H,1,4-5,8,10H2,2H3,(H,17,22)/t12-/m1/s1. The highest BCUT2D eigenvalue weighted by molar-refractivity contribution is 6.00. The van der Waals surface area contributed by atoms with Crippen molar-refractivity contribution < 1.29 is 9.90 Å². The number of imidazole rings is 1. The number of hydrogen-bond donors (Lipinski definition) is 2. The summed E-state index contributed by atoms with van der Waals surface area (Å²) in [5.41, 5.74) is 2.51. The maximum Gasteiger partial charge on any atom is 0.247 e. The fourth-order valence-electron chi connectivity index (χ4n) is 2.88. The first-order valence-corrected chi connectivity index (χ1v) is 7.41. The van der Waals surface area contributed by atoms with Crippen LogP contribution in [0.5, 0.6) is 0 Å². The molecule has 1 amide bonds. The van der Waals surface area contributed by atoms with Crippen molar-refractivity contribution in [1.29, 1.82) is 0 Å². The number of benzene rings is 1. The number of carbonyl (C=O) groups is 1. The van der Waals surface area contributed by atoms with Crippen molar-refractivity contribution in [1.82, 2.24) is 9.55 Å². The third-order valence-corrected chi connectivity index (χ3v) is 3.99. The Morgan fingerprint density at radius 3 is 3.09 bits per heavy atom.